The number of nitrogens with zero attached hydrogens (tertiary/aromatic N) is 4. The second-order valence-electron chi connectivity index (χ2n) is 7.54. The number of rotatable bonds is 7. The van der Waals surface area contributed by atoms with Crippen LogP contribution in [-0.4, -0.2) is 70.2 Å². The second-order valence-corrected chi connectivity index (χ2v) is 9.44. The molecular weight excluding hydrogens is 436 g/mol. The van der Waals surface area contributed by atoms with Crippen LogP contribution in [0.5, 0.6) is 5.75 Å². The summed E-state index contributed by atoms with van der Waals surface area (Å²) in [6.45, 7) is 3.20. The highest BCUT2D eigenvalue weighted by Gasteiger charge is 2.29. The highest BCUT2D eigenvalue weighted by molar-refractivity contribution is 7.92. The monoisotopic (exact) mass is 462 g/mol. The smallest absolute Gasteiger partial charge is 0.271 e. The van der Waals surface area contributed by atoms with Gasteiger partial charge in [0.25, 0.3) is 5.69 Å². The van der Waals surface area contributed by atoms with Crippen LogP contribution in [-0.2, 0) is 14.8 Å². The van der Waals surface area contributed by atoms with E-state index in [-0.39, 0.29) is 17.3 Å². The van der Waals surface area contributed by atoms with Crippen LogP contribution in [0, 0.1) is 17.0 Å². The van der Waals surface area contributed by atoms with Crippen LogP contribution in [0.1, 0.15) is 5.56 Å². The minimum atomic E-state index is -3.84. The van der Waals surface area contributed by atoms with Gasteiger partial charge in [-0.15, -0.1) is 0 Å². The lowest BCUT2D eigenvalue weighted by atomic mass is 10.2. The summed E-state index contributed by atoms with van der Waals surface area (Å²) in [5.41, 5.74) is 1.35. The molecule has 0 saturated carbocycles. The molecule has 2 aromatic rings. The number of hydrogen-bond acceptors (Lipinski definition) is 7. The molecule has 0 atom stereocenters. The maximum absolute atomic E-state index is 13.0. The Balaban J connectivity index is 1.75. The molecule has 0 aromatic heterocycles. The number of benzene rings is 2. The molecule has 0 bridgehead atoms. The van der Waals surface area contributed by atoms with E-state index in [0.29, 0.717) is 31.7 Å². The lowest BCUT2D eigenvalue weighted by Crippen LogP contribution is -2.52. The van der Waals surface area contributed by atoms with Crippen molar-refractivity contribution in [3.8, 4) is 5.75 Å². The van der Waals surface area contributed by atoms with Crippen molar-refractivity contribution in [2.75, 3.05) is 55.3 Å². The van der Waals surface area contributed by atoms with Crippen molar-refractivity contribution < 1.29 is 22.9 Å². The summed E-state index contributed by atoms with van der Waals surface area (Å²) >= 11 is 0. The van der Waals surface area contributed by atoms with Gasteiger partial charge in [-0.1, -0.05) is 18.2 Å². The number of para-hydroxylation sites is 2. The van der Waals surface area contributed by atoms with Crippen LogP contribution >= 0.6 is 0 Å². The Kier molecular flexibility index (Phi) is 6.87. The number of piperazine rings is 1. The summed E-state index contributed by atoms with van der Waals surface area (Å²) in [6.07, 6.45) is 0.984. The normalized spacial score (nSPS) is 14.2. The molecule has 3 rings (SSSR count). The minimum Gasteiger partial charge on any atom is -0.495 e. The number of carbonyl (C=O) groups is 1. The Hall–Kier alpha value is -3.34. The third-order valence-electron chi connectivity index (χ3n) is 5.41. The van der Waals surface area contributed by atoms with Gasteiger partial charge in [-0.3, -0.25) is 19.2 Å². The molecule has 0 aliphatic carbocycles. The van der Waals surface area contributed by atoms with E-state index in [1.807, 2.05) is 24.3 Å². The number of anilines is 2. The van der Waals surface area contributed by atoms with Gasteiger partial charge >= 0.3 is 0 Å². The quantitative estimate of drug-likeness (QED) is 0.457. The molecule has 1 aliphatic heterocycles. The van der Waals surface area contributed by atoms with Gasteiger partial charge in [0.05, 0.1) is 29.7 Å². The topological polar surface area (TPSA) is 113 Å². The number of nitro benzene ring substituents is 1. The van der Waals surface area contributed by atoms with Gasteiger partial charge in [0.15, 0.2) is 0 Å². The van der Waals surface area contributed by atoms with Crippen LogP contribution < -0.4 is 13.9 Å². The number of sulfonamides is 1. The molecule has 1 heterocycles. The van der Waals surface area contributed by atoms with Crippen molar-refractivity contribution in [2.45, 2.75) is 6.92 Å². The second kappa shape index (κ2) is 9.43. The van der Waals surface area contributed by atoms with Crippen molar-refractivity contribution in [1.29, 1.82) is 0 Å². The molecule has 11 heteroatoms. The number of ether oxygens (including phenoxy) is 1. The van der Waals surface area contributed by atoms with Gasteiger partial charge in [-0.2, -0.15) is 0 Å². The predicted molar refractivity (Wildman–Crippen MR) is 122 cm³/mol. The maximum atomic E-state index is 13.0. The van der Waals surface area contributed by atoms with E-state index in [0.717, 1.165) is 22.0 Å². The largest absolute Gasteiger partial charge is 0.495 e. The highest BCUT2D eigenvalue weighted by Crippen LogP contribution is 2.29. The fourth-order valence-corrected chi connectivity index (χ4v) is 4.57. The fourth-order valence-electron chi connectivity index (χ4n) is 3.67. The van der Waals surface area contributed by atoms with Crippen LogP contribution in [0.2, 0.25) is 0 Å². The van der Waals surface area contributed by atoms with E-state index < -0.39 is 21.5 Å². The van der Waals surface area contributed by atoms with Gasteiger partial charge in [0.2, 0.25) is 15.9 Å². The molecule has 2 aromatic carbocycles. The Bertz CT molecular complexity index is 1110. The first-order valence-corrected chi connectivity index (χ1v) is 11.8. The molecular formula is C21H26N4O6S. The number of methoxy groups -OCH3 is 1. The third-order valence-corrected chi connectivity index (χ3v) is 6.54. The Morgan fingerprint density at radius 1 is 1.16 bits per heavy atom. The van der Waals surface area contributed by atoms with Crippen molar-refractivity contribution in [1.82, 2.24) is 4.90 Å². The Morgan fingerprint density at radius 3 is 2.41 bits per heavy atom. The zero-order valence-electron chi connectivity index (χ0n) is 18.2. The van der Waals surface area contributed by atoms with Gasteiger partial charge in [0.1, 0.15) is 12.3 Å². The van der Waals surface area contributed by atoms with E-state index in [4.69, 9.17) is 4.74 Å². The summed E-state index contributed by atoms with van der Waals surface area (Å²) in [4.78, 5) is 27.2. The predicted octanol–water partition coefficient (Wildman–Crippen LogP) is 2.03. The zero-order chi connectivity index (χ0) is 23.5. The maximum Gasteiger partial charge on any atom is 0.271 e. The first kappa shape index (κ1) is 23.3. The summed E-state index contributed by atoms with van der Waals surface area (Å²) in [5, 5.41) is 11.1. The highest BCUT2D eigenvalue weighted by atomic mass is 32.2. The third kappa shape index (κ3) is 5.10. The van der Waals surface area contributed by atoms with Crippen molar-refractivity contribution in [3.05, 3.63) is 58.1 Å². The van der Waals surface area contributed by atoms with Crippen LogP contribution in [0.15, 0.2) is 42.5 Å². The van der Waals surface area contributed by atoms with E-state index >= 15 is 0 Å². The first-order chi connectivity index (χ1) is 15.1. The standard InChI is InChI=1S/C21H26N4O6S/c1-16-8-9-17(25(27)28)14-19(16)24(32(3,29)30)15-21(26)23-12-10-22(11-13-23)18-6-4-5-7-20(18)31-2/h4-9,14H,10-13,15H2,1-3H3. The van der Waals surface area contributed by atoms with Gasteiger partial charge in [-0.25, -0.2) is 8.42 Å². The number of aryl methyl sites for hydroxylation is 1. The molecule has 32 heavy (non-hydrogen) atoms. The van der Waals surface area contributed by atoms with Crippen LogP contribution in [0.4, 0.5) is 17.1 Å². The molecule has 1 saturated heterocycles. The van der Waals surface area contributed by atoms with Gasteiger partial charge in [-0.05, 0) is 24.6 Å². The van der Waals surface area contributed by atoms with Gasteiger partial charge < -0.3 is 14.5 Å². The zero-order valence-corrected chi connectivity index (χ0v) is 19.0. The first-order valence-electron chi connectivity index (χ1n) is 10.0. The van der Waals surface area contributed by atoms with E-state index in [1.165, 1.54) is 18.2 Å². The van der Waals surface area contributed by atoms with E-state index in [1.54, 1.807) is 18.9 Å². The molecule has 172 valence electrons. The van der Waals surface area contributed by atoms with E-state index in [9.17, 15) is 23.3 Å². The summed E-state index contributed by atoms with van der Waals surface area (Å²) in [6, 6.07) is 11.6. The van der Waals surface area contributed by atoms with E-state index in [2.05, 4.69) is 4.90 Å². The minimum absolute atomic E-state index is 0.128. The summed E-state index contributed by atoms with van der Waals surface area (Å²) in [7, 11) is -2.24. The molecule has 0 N–H and O–H groups in total. The van der Waals surface area contributed by atoms with Gasteiger partial charge in [0, 0.05) is 38.3 Å². The Morgan fingerprint density at radius 2 is 1.81 bits per heavy atom. The number of carbonyl (C=O) groups excluding carboxylic acids is 1. The molecule has 0 spiro atoms. The molecule has 0 radical (unpaired) electrons. The van der Waals surface area contributed by atoms with Crippen molar-refractivity contribution in [3.63, 3.8) is 0 Å². The fraction of sp³-hybridized carbons (Fsp3) is 0.381. The molecule has 10 nitrogen and oxygen atoms in total. The number of non-ortho nitro benzene ring substituents is 1. The molecule has 0 unspecified atom stereocenters. The molecule has 1 aliphatic rings. The van der Waals surface area contributed by atoms with Crippen molar-refractivity contribution >= 4 is 33.0 Å². The SMILES string of the molecule is COc1ccccc1N1CCN(C(=O)CN(c2cc([N+](=O)[O-])ccc2C)S(C)(=O)=O)CC1. The average Bonchev–Trinajstić information content (AvgIpc) is 2.77. The van der Waals surface area contributed by atoms with Crippen LogP contribution in [0.25, 0.3) is 0 Å². The number of nitro groups is 1. The summed E-state index contributed by atoms with van der Waals surface area (Å²) < 4.78 is 31.2. The lowest BCUT2D eigenvalue weighted by Gasteiger charge is -2.37. The lowest BCUT2D eigenvalue weighted by molar-refractivity contribution is -0.384. The number of hydrogen-bond donors (Lipinski definition) is 0. The van der Waals surface area contributed by atoms with Crippen LogP contribution in [0.3, 0.4) is 0 Å². The Labute approximate surface area is 187 Å². The average molecular weight is 463 g/mol. The number of amides is 1. The summed E-state index contributed by atoms with van der Waals surface area (Å²) in [5.74, 6) is 0.387. The molecule has 1 fully saturated rings. The molecule has 1 amide bonds. The van der Waals surface area contributed by atoms with Crippen molar-refractivity contribution in [2.24, 2.45) is 0 Å².